The first-order chi connectivity index (χ1) is 7.36. The molecule has 3 rings (SSSR count). The fourth-order valence-corrected chi connectivity index (χ4v) is 3.93. The molecular weight excluding hydrogens is 246 g/mol. The predicted octanol–water partition coefficient (Wildman–Crippen LogP) is 0.952. The summed E-state index contributed by atoms with van der Waals surface area (Å²) in [4.78, 5) is 12.1. The number of fused-ring (bicyclic) bond motifs is 2. The Kier molecular flexibility index (Phi) is 2.00. The van der Waals surface area contributed by atoms with Gasteiger partial charge in [-0.15, -0.1) is 0 Å². The molecule has 1 aliphatic heterocycles. The summed E-state index contributed by atoms with van der Waals surface area (Å²) < 4.78 is 8.74. The molecule has 0 fully saturated rings. The van der Waals surface area contributed by atoms with Gasteiger partial charge in [-0.25, -0.2) is 0 Å². The van der Waals surface area contributed by atoms with Crippen LogP contribution in [0.5, 0.6) is 0 Å². The summed E-state index contributed by atoms with van der Waals surface area (Å²) in [7, 11) is 0. The van der Waals surface area contributed by atoms with Crippen molar-refractivity contribution in [2.75, 3.05) is 0 Å². The molecule has 0 saturated carbocycles. The topological polar surface area (TPSA) is 30.2 Å². The van der Waals surface area contributed by atoms with Gasteiger partial charge < -0.3 is 0 Å². The number of para-hydroxylation sites is 1. The van der Waals surface area contributed by atoms with E-state index in [-0.39, 0.29) is 5.43 Å². The molecule has 2 nitrogen and oxygen atoms in total. The van der Waals surface area contributed by atoms with E-state index in [4.69, 9.17) is 4.42 Å². The summed E-state index contributed by atoms with van der Waals surface area (Å²) in [6.45, 7) is 0. The van der Waals surface area contributed by atoms with Gasteiger partial charge in [0.05, 0.1) is 0 Å². The van der Waals surface area contributed by atoms with E-state index in [0.29, 0.717) is 11.0 Å². The zero-order valence-corrected chi connectivity index (χ0v) is 10.4. The molecule has 70 valence electrons. The van der Waals surface area contributed by atoms with Crippen molar-refractivity contribution in [2.45, 2.75) is 0 Å². The van der Waals surface area contributed by atoms with E-state index in [1.54, 1.807) is 0 Å². The Morgan fingerprint density at radius 1 is 1.20 bits per heavy atom. The van der Waals surface area contributed by atoms with Gasteiger partial charge in [-0.3, -0.25) is 0 Å². The van der Waals surface area contributed by atoms with Crippen molar-refractivity contribution in [1.82, 2.24) is 0 Å². The first kappa shape index (κ1) is 8.94. The maximum atomic E-state index is 12.1. The molecule has 2 aromatic rings. The van der Waals surface area contributed by atoms with E-state index < -0.39 is 17.0 Å². The van der Waals surface area contributed by atoms with Crippen LogP contribution in [0.4, 0.5) is 0 Å². The van der Waals surface area contributed by atoms with Crippen LogP contribution in [0, 0.1) is 0 Å². The molecule has 0 atom stereocenters. The zero-order chi connectivity index (χ0) is 10.3. The Morgan fingerprint density at radius 2 is 2.07 bits per heavy atom. The van der Waals surface area contributed by atoms with Gasteiger partial charge in [-0.05, 0) is 0 Å². The van der Waals surface area contributed by atoms with E-state index >= 15 is 0 Å². The second-order valence-electron chi connectivity index (χ2n) is 3.42. The van der Waals surface area contributed by atoms with Gasteiger partial charge in [0.15, 0.2) is 0 Å². The molecule has 15 heavy (non-hydrogen) atoms. The molecule has 0 aliphatic carbocycles. The summed E-state index contributed by atoms with van der Waals surface area (Å²) in [6.07, 6.45) is 3.87. The average Bonchev–Trinajstić information content (AvgIpc) is 2.30. The monoisotopic (exact) mass is 252 g/mol. The molecule has 1 aliphatic rings. The first-order valence-electron chi connectivity index (χ1n) is 4.77. The van der Waals surface area contributed by atoms with Crippen LogP contribution in [-0.2, 0) is 0 Å². The van der Waals surface area contributed by atoms with Crippen LogP contribution in [0.2, 0.25) is 0 Å². The molecule has 3 heteroatoms. The van der Waals surface area contributed by atoms with Crippen LogP contribution in [0.25, 0.3) is 17.0 Å². The summed E-state index contributed by atoms with van der Waals surface area (Å²) in [5.41, 5.74) is 0.845. The number of rotatable bonds is 0. The van der Waals surface area contributed by atoms with Crippen molar-refractivity contribution >= 4 is 42.7 Å². The van der Waals surface area contributed by atoms with Crippen LogP contribution < -0.4 is 9.55 Å². The molecule has 1 aromatic carbocycles. The Morgan fingerprint density at radius 3 is 3.00 bits per heavy atom. The van der Waals surface area contributed by atoms with Crippen molar-refractivity contribution in [1.29, 1.82) is 0 Å². The third-order valence-corrected chi connectivity index (χ3v) is 5.20. The molecular formula is C12H7GaO2. The fraction of sp³-hybridized carbons (Fsp3) is 0. The van der Waals surface area contributed by atoms with Crippen LogP contribution in [-0.4, -0.2) is 21.5 Å². The molecule has 0 unspecified atom stereocenters. The van der Waals surface area contributed by atoms with E-state index in [0.717, 1.165) is 9.88 Å². The number of benzene rings is 1. The minimum absolute atomic E-state index is 0.160. The van der Waals surface area contributed by atoms with Gasteiger partial charge in [0.2, 0.25) is 0 Å². The summed E-state index contributed by atoms with van der Waals surface area (Å²) in [5, 5.41) is 0.706. The quantitative estimate of drug-likeness (QED) is 0.654. The predicted molar refractivity (Wildman–Crippen MR) is 63.0 cm³/mol. The van der Waals surface area contributed by atoms with Crippen molar-refractivity contribution < 1.29 is 4.42 Å². The van der Waals surface area contributed by atoms with Crippen molar-refractivity contribution in [3.05, 3.63) is 46.3 Å². The second-order valence-corrected chi connectivity index (χ2v) is 6.14. The summed E-state index contributed by atoms with van der Waals surface area (Å²) in [6, 6.07) is 7.43. The van der Waals surface area contributed by atoms with E-state index in [1.807, 2.05) is 36.4 Å². The van der Waals surface area contributed by atoms with Gasteiger partial charge in [-0.2, -0.15) is 0 Å². The Bertz CT molecular complexity index is 650. The standard InChI is InChI=1S/C12H7O2.Ga/c1-2-5-9-8-11(13)10-6-3-4-7-12(10)14-9;/h1-7H;. The van der Waals surface area contributed by atoms with Crippen LogP contribution in [0.3, 0.4) is 0 Å². The SMILES string of the molecule is O=c1[c]2c(oc3ccccc13)C=C[CH]=[Ga]2. The molecule has 0 saturated heterocycles. The Hall–Kier alpha value is -1.32. The van der Waals surface area contributed by atoms with E-state index in [1.165, 1.54) is 0 Å². The number of hydrogen-bond acceptors (Lipinski definition) is 2. The Labute approximate surface area is 93.5 Å². The molecule has 0 amide bonds. The van der Waals surface area contributed by atoms with Crippen LogP contribution in [0.1, 0.15) is 5.76 Å². The van der Waals surface area contributed by atoms with Gasteiger partial charge in [0, 0.05) is 0 Å². The minimum atomic E-state index is -0.734. The molecule has 2 heterocycles. The van der Waals surface area contributed by atoms with Gasteiger partial charge in [0.1, 0.15) is 0 Å². The van der Waals surface area contributed by atoms with Gasteiger partial charge in [-0.1, -0.05) is 0 Å². The van der Waals surface area contributed by atoms with Crippen LogP contribution >= 0.6 is 0 Å². The zero-order valence-electron chi connectivity index (χ0n) is 7.94. The molecule has 0 spiro atoms. The normalized spacial score (nSPS) is 12.5. The van der Waals surface area contributed by atoms with Gasteiger partial charge in [0.25, 0.3) is 0 Å². The summed E-state index contributed by atoms with van der Waals surface area (Å²) in [5.74, 6) is 0.765. The number of allylic oxidation sites excluding steroid dienone is 1. The third kappa shape index (κ3) is 1.35. The van der Waals surface area contributed by atoms with Crippen molar-refractivity contribution in [3.8, 4) is 0 Å². The average molecular weight is 253 g/mol. The second kappa shape index (κ2) is 3.36. The Balaban J connectivity index is 2.54. The van der Waals surface area contributed by atoms with E-state index in [9.17, 15) is 4.79 Å². The molecule has 0 radical (unpaired) electrons. The first-order valence-corrected chi connectivity index (χ1v) is 7.38. The number of hydrogen-bond donors (Lipinski definition) is 0. The third-order valence-electron chi connectivity index (χ3n) is 2.48. The van der Waals surface area contributed by atoms with E-state index in [2.05, 4.69) is 4.57 Å². The van der Waals surface area contributed by atoms with Crippen molar-refractivity contribution in [3.63, 3.8) is 0 Å². The molecule has 0 bridgehead atoms. The summed E-state index contributed by atoms with van der Waals surface area (Å²) >= 11 is -0.734. The maximum absolute atomic E-state index is 12.1. The molecule has 0 N–H and O–H groups in total. The van der Waals surface area contributed by atoms with Gasteiger partial charge >= 0.3 is 93.4 Å². The fourth-order valence-electron chi connectivity index (χ4n) is 1.75. The molecule has 1 aromatic heterocycles. The van der Waals surface area contributed by atoms with Crippen LogP contribution in [0.15, 0.2) is 39.6 Å². The van der Waals surface area contributed by atoms with Crippen molar-refractivity contribution in [2.24, 2.45) is 0 Å².